The summed E-state index contributed by atoms with van der Waals surface area (Å²) in [4.78, 5) is 36.1. The fraction of sp³-hybridized carbons (Fsp3) is 0.344. The molecule has 2 aliphatic heterocycles. The molecule has 1 N–H and O–H groups in total. The van der Waals surface area contributed by atoms with E-state index in [2.05, 4.69) is 31.3 Å². The van der Waals surface area contributed by atoms with Gasteiger partial charge < -0.3 is 19.7 Å². The summed E-state index contributed by atoms with van der Waals surface area (Å²) in [5.41, 5.74) is 1.07. The van der Waals surface area contributed by atoms with E-state index in [4.69, 9.17) is 15.9 Å². The lowest BCUT2D eigenvalue weighted by molar-refractivity contribution is -0.133. The summed E-state index contributed by atoms with van der Waals surface area (Å²) in [6, 6.07) is 6.92. The Morgan fingerprint density at radius 2 is 1.98 bits per heavy atom. The Labute approximate surface area is 271 Å². The van der Waals surface area contributed by atoms with Crippen LogP contribution in [0.3, 0.4) is 0 Å². The van der Waals surface area contributed by atoms with Crippen LogP contribution in [0.4, 0.5) is 14.5 Å². The number of anilines is 1. The molecule has 0 radical (unpaired) electrons. The van der Waals surface area contributed by atoms with Crippen molar-refractivity contribution >= 4 is 44.6 Å². The Balaban J connectivity index is 1.20. The average Bonchev–Trinajstić information content (AvgIpc) is 3.81. The largest absolute Gasteiger partial charge is 0.434 e. The summed E-state index contributed by atoms with van der Waals surface area (Å²) in [5.74, 6) is 1.74. The molecule has 242 valence electrons. The van der Waals surface area contributed by atoms with Gasteiger partial charge in [-0.1, -0.05) is 5.92 Å². The maximum absolute atomic E-state index is 13.6. The third kappa shape index (κ3) is 6.39. The van der Waals surface area contributed by atoms with Gasteiger partial charge in [0.15, 0.2) is 5.65 Å². The lowest BCUT2D eigenvalue weighted by atomic mass is 10.0. The number of likely N-dealkylation sites (tertiary alicyclic amines) is 1. The number of benzene rings is 1. The van der Waals surface area contributed by atoms with Crippen LogP contribution >= 0.6 is 11.3 Å². The lowest BCUT2D eigenvalue weighted by Crippen LogP contribution is -2.50. The molecule has 2 fully saturated rings. The molecule has 2 amide bonds. The van der Waals surface area contributed by atoms with E-state index < -0.39 is 12.5 Å². The zero-order valence-corrected chi connectivity index (χ0v) is 26.0. The second-order valence-corrected chi connectivity index (χ2v) is 12.4. The van der Waals surface area contributed by atoms with Gasteiger partial charge in [-0.2, -0.15) is 19.0 Å². The van der Waals surface area contributed by atoms with Gasteiger partial charge in [0.25, 0.3) is 5.91 Å². The predicted molar refractivity (Wildman–Crippen MR) is 171 cm³/mol. The van der Waals surface area contributed by atoms with Gasteiger partial charge in [0.1, 0.15) is 23.6 Å². The van der Waals surface area contributed by atoms with Crippen LogP contribution in [-0.2, 0) is 16.1 Å². The summed E-state index contributed by atoms with van der Waals surface area (Å²) < 4.78 is 41.3. The molecule has 6 heterocycles. The maximum atomic E-state index is 13.6. The Morgan fingerprint density at radius 1 is 1.17 bits per heavy atom. The van der Waals surface area contributed by atoms with Crippen molar-refractivity contribution in [3.63, 3.8) is 0 Å². The predicted octanol–water partition coefficient (Wildman–Crippen LogP) is 3.97. The van der Waals surface area contributed by atoms with E-state index in [0.717, 1.165) is 39.1 Å². The molecule has 1 aromatic carbocycles. The number of terminal acetylenes is 1. The van der Waals surface area contributed by atoms with Gasteiger partial charge in [0.05, 0.1) is 30.0 Å². The molecule has 2 saturated heterocycles. The van der Waals surface area contributed by atoms with Crippen molar-refractivity contribution < 1.29 is 27.8 Å². The van der Waals surface area contributed by atoms with E-state index >= 15 is 0 Å². The molecule has 4 aromatic heterocycles. The number of alkyl halides is 2. The molecule has 0 atom stereocenters. The van der Waals surface area contributed by atoms with Crippen LogP contribution in [0.5, 0.6) is 5.75 Å². The van der Waals surface area contributed by atoms with Gasteiger partial charge in [-0.3, -0.25) is 19.2 Å². The quantitative estimate of drug-likeness (QED) is 0.249. The van der Waals surface area contributed by atoms with Gasteiger partial charge in [-0.05, 0) is 42.5 Å². The van der Waals surface area contributed by atoms with Crippen molar-refractivity contribution in [1.82, 2.24) is 34.2 Å². The molecule has 0 unspecified atom stereocenters. The van der Waals surface area contributed by atoms with Crippen LogP contribution in [0, 0.1) is 12.3 Å². The number of halogens is 2. The van der Waals surface area contributed by atoms with Gasteiger partial charge in [0, 0.05) is 61.1 Å². The van der Waals surface area contributed by atoms with E-state index in [9.17, 15) is 18.4 Å². The molecule has 0 spiro atoms. The van der Waals surface area contributed by atoms with Crippen molar-refractivity contribution in [2.24, 2.45) is 0 Å². The summed E-state index contributed by atoms with van der Waals surface area (Å²) in [5, 5.41) is 12.3. The number of fused-ring (bicyclic) bond motifs is 2. The molecular weight excluding hydrogens is 630 g/mol. The minimum absolute atomic E-state index is 0.114. The summed E-state index contributed by atoms with van der Waals surface area (Å²) >= 11 is 1.31. The highest BCUT2D eigenvalue weighted by molar-refractivity contribution is 7.19. The van der Waals surface area contributed by atoms with E-state index in [0.29, 0.717) is 39.7 Å². The van der Waals surface area contributed by atoms with Crippen molar-refractivity contribution in [3.8, 4) is 29.4 Å². The Kier molecular flexibility index (Phi) is 8.54. The molecule has 0 aliphatic carbocycles. The lowest BCUT2D eigenvalue weighted by Gasteiger charge is -2.40. The molecule has 12 nitrogen and oxygen atoms in total. The van der Waals surface area contributed by atoms with Crippen LogP contribution in [-0.4, -0.2) is 98.0 Å². The normalized spacial score (nSPS) is 16.2. The fourth-order valence-electron chi connectivity index (χ4n) is 6.15. The van der Waals surface area contributed by atoms with Crippen molar-refractivity contribution in [2.45, 2.75) is 32.0 Å². The van der Waals surface area contributed by atoms with Crippen LogP contribution in [0.25, 0.3) is 27.0 Å². The van der Waals surface area contributed by atoms with Crippen LogP contribution in [0.15, 0.2) is 49.1 Å². The van der Waals surface area contributed by atoms with Crippen LogP contribution in [0.2, 0.25) is 0 Å². The number of piperidine rings is 1. The maximum Gasteiger partial charge on any atom is 0.387 e. The number of nitrogens with zero attached hydrogens (tertiary/aromatic N) is 7. The standard InChI is InChI=1S/C32H30F2N8O4S/c1-2-22-14-20-15-26(46-32(33)34)23(16-27(20)47-22)29-25(37-31(44)24-17-36-42-7-3-6-35-30(24)42)18-41(38-29)19-28(43)40-8-4-21(5-9-40)39-10-12-45-13-11-39/h1,3,6-7,14-18,21,32H,4-5,8-13,19H2,(H,37,44). The molecule has 2 aliphatic rings. The highest BCUT2D eigenvalue weighted by atomic mass is 32.1. The summed E-state index contributed by atoms with van der Waals surface area (Å²) in [6.07, 6.45) is 13.4. The third-order valence-corrected chi connectivity index (χ3v) is 9.47. The smallest absolute Gasteiger partial charge is 0.387 e. The van der Waals surface area contributed by atoms with Crippen molar-refractivity contribution in [3.05, 3.63) is 59.5 Å². The monoisotopic (exact) mass is 660 g/mol. The van der Waals surface area contributed by atoms with Gasteiger partial charge in [0.2, 0.25) is 5.91 Å². The van der Waals surface area contributed by atoms with Gasteiger partial charge in [-0.15, -0.1) is 17.8 Å². The van der Waals surface area contributed by atoms with Gasteiger partial charge >= 0.3 is 6.61 Å². The number of morpholine rings is 1. The number of amides is 2. The second-order valence-electron chi connectivity index (χ2n) is 11.3. The number of carbonyl (C=O) groups excluding carboxylic acids is 2. The number of carbonyl (C=O) groups is 2. The number of ether oxygens (including phenoxy) is 2. The van der Waals surface area contributed by atoms with E-state index in [-0.39, 0.29) is 40.7 Å². The highest BCUT2D eigenvalue weighted by Crippen LogP contribution is 2.40. The van der Waals surface area contributed by atoms with Crippen molar-refractivity contribution in [2.75, 3.05) is 44.7 Å². The van der Waals surface area contributed by atoms with Crippen LogP contribution in [0.1, 0.15) is 28.1 Å². The topological polar surface area (TPSA) is 119 Å². The zero-order chi connectivity index (χ0) is 32.5. The highest BCUT2D eigenvalue weighted by Gasteiger charge is 2.29. The molecule has 5 aromatic rings. The minimum Gasteiger partial charge on any atom is -0.434 e. The fourth-order valence-corrected chi connectivity index (χ4v) is 7.04. The number of thiophene rings is 1. The number of hydrogen-bond donors (Lipinski definition) is 1. The van der Waals surface area contributed by atoms with Crippen molar-refractivity contribution in [1.29, 1.82) is 0 Å². The number of aromatic nitrogens is 5. The molecular formula is C32H30F2N8O4S. The Hall–Kier alpha value is -4.91. The van der Waals surface area contributed by atoms with E-state index in [1.807, 2.05) is 4.90 Å². The first-order valence-electron chi connectivity index (χ1n) is 15.1. The first-order valence-corrected chi connectivity index (χ1v) is 15.9. The zero-order valence-electron chi connectivity index (χ0n) is 25.1. The summed E-state index contributed by atoms with van der Waals surface area (Å²) in [7, 11) is 0. The number of hydrogen-bond acceptors (Lipinski definition) is 9. The number of rotatable bonds is 8. The molecule has 47 heavy (non-hydrogen) atoms. The number of nitrogens with one attached hydrogen (secondary N) is 1. The Bertz CT molecular complexity index is 1990. The third-order valence-electron chi connectivity index (χ3n) is 8.44. The molecule has 0 bridgehead atoms. The van der Waals surface area contributed by atoms with Gasteiger partial charge in [-0.25, -0.2) is 9.50 Å². The van der Waals surface area contributed by atoms with E-state index in [1.54, 1.807) is 30.6 Å². The second kappa shape index (κ2) is 13.1. The minimum atomic E-state index is -3.12. The molecule has 0 saturated carbocycles. The van der Waals surface area contributed by atoms with Crippen LogP contribution < -0.4 is 10.1 Å². The van der Waals surface area contributed by atoms with E-state index in [1.165, 1.54) is 39.0 Å². The first kappa shape index (κ1) is 30.7. The summed E-state index contributed by atoms with van der Waals surface area (Å²) in [6.45, 7) is 1.23. The first-order chi connectivity index (χ1) is 22.9. The Morgan fingerprint density at radius 3 is 2.74 bits per heavy atom. The average molecular weight is 661 g/mol. The molecule has 7 rings (SSSR count). The molecule has 15 heteroatoms. The SMILES string of the molecule is C#Cc1cc2cc(OC(F)F)c(-c3nn(CC(=O)N4CCC(N5CCOCC5)CC4)cc3NC(=O)c3cnn4cccnc34)cc2s1.